The molecular weight excluding hydrogens is 306 g/mol. The van der Waals surface area contributed by atoms with Gasteiger partial charge in [-0.25, -0.2) is 14.5 Å². The number of hydrogen-bond donors (Lipinski definition) is 0. The van der Waals surface area contributed by atoms with Gasteiger partial charge in [0.05, 0.1) is 6.54 Å². The summed E-state index contributed by atoms with van der Waals surface area (Å²) in [6.45, 7) is 2.16. The molecule has 1 aliphatic carbocycles. The fourth-order valence-corrected chi connectivity index (χ4v) is 3.80. The van der Waals surface area contributed by atoms with E-state index in [1.54, 1.807) is 0 Å². The van der Waals surface area contributed by atoms with Gasteiger partial charge >= 0.3 is 12.1 Å². The van der Waals surface area contributed by atoms with Gasteiger partial charge in [0.25, 0.3) is 5.91 Å². The molecule has 1 atom stereocenters. The molecular formula is C15H17NO5S. The zero-order valence-corrected chi connectivity index (χ0v) is 13.1. The minimum absolute atomic E-state index is 0.189. The number of aryl methyl sites for hydroxylation is 1. The number of esters is 1. The number of rotatable bonds is 3. The SMILES string of the molecule is C[C@@H]1CCc2sc(C(=O)OCC(=O)N3CCOC3=O)cc2C1. The maximum Gasteiger partial charge on any atom is 0.416 e. The van der Waals surface area contributed by atoms with Crippen molar-refractivity contribution in [3.8, 4) is 0 Å². The molecule has 0 aromatic carbocycles. The Morgan fingerprint density at radius 3 is 3.05 bits per heavy atom. The van der Waals surface area contributed by atoms with Crippen molar-refractivity contribution in [1.82, 2.24) is 4.90 Å². The lowest BCUT2D eigenvalue weighted by Gasteiger charge is -2.16. The van der Waals surface area contributed by atoms with Crippen molar-refractivity contribution >= 4 is 29.3 Å². The Bertz CT molecular complexity index is 623. The maximum atomic E-state index is 12.0. The minimum Gasteiger partial charge on any atom is -0.451 e. The van der Waals surface area contributed by atoms with Crippen molar-refractivity contribution in [2.75, 3.05) is 19.8 Å². The molecule has 0 bridgehead atoms. The van der Waals surface area contributed by atoms with E-state index in [0.29, 0.717) is 10.8 Å². The van der Waals surface area contributed by atoms with E-state index in [1.165, 1.54) is 21.8 Å². The van der Waals surface area contributed by atoms with Crippen LogP contribution in [0.1, 0.15) is 33.5 Å². The van der Waals surface area contributed by atoms with E-state index < -0.39 is 24.6 Å². The molecule has 2 amide bonds. The average molecular weight is 323 g/mol. The molecule has 2 aliphatic rings. The first-order valence-corrected chi connectivity index (χ1v) is 8.12. The molecule has 1 aromatic heterocycles. The van der Waals surface area contributed by atoms with Crippen molar-refractivity contribution in [2.45, 2.75) is 26.2 Å². The molecule has 0 saturated carbocycles. The second-order valence-corrected chi connectivity index (χ2v) is 6.78. The van der Waals surface area contributed by atoms with E-state index >= 15 is 0 Å². The number of ether oxygens (including phenoxy) is 2. The van der Waals surface area contributed by atoms with Crippen molar-refractivity contribution in [3.63, 3.8) is 0 Å². The molecule has 7 heteroatoms. The van der Waals surface area contributed by atoms with Crippen LogP contribution in [0.15, 0.2) is 6.07 Å². The molecule has 22 heavy (non-hydrogen) atoms. The van der Waals surface area contributed by atoms with Gasteiger partial charge in [0.2, 0.25) is 0 Å². The molecule has 3 rings (SSSR count). The number of fused-ring (bicyclic) bond motifs is 1. The van der Waals surface area contributed by atoms with Crippen LogP contribution in [0.4, 0.5) is 4.79 Å². The van der Waals surface area contributed by atoms with Crippen LogP contribution in [0.2, 0.25) is 0 Å². The lowest BCUT2D eigenvalue weighted by molar-refractivity contribution is -0.131. The van der Waals surface area contributed by atoms with Crippen LogP contribution < -0.4 is 0 Å². The highest BCUT2D eigenvalue weighted by Gasteiger charge is 2.29. The van der Waals surface area contributed by atoms with Crippen molar-refractivity contribution in [2.24, 2.45) is 5.92 Å². The van der Waals surface area contributed by atoms with E-state index in [1.807, 2.05) is 6.07 Å². The van der Waals surface area contributed by atoms with E-state index in [9.17, 15) is 14.4 Å². The summed E-state index contributed by atoms with van der Waals surface area (Å²) in [5.74, 6) is -0.424. The predicted molar refractivity (Wildman–Crippen MR) is 78.9 cm³/mol. The van der Waals surface area contributed by atoms with Gasteiger partial charge in [-0.15, -0.1) is 11.3 Å². The summed E-state index contributed by atoms with van der Waals surface area (Å²) in [6, 6.07) is 1.87. The number of thiophene rings is 1. The zero-order valence-electron chi connectivity index (χ0n) is 12.3. The first-order valence-electron chi connectivity index (χ1n) is 7.30. The van der Waals surface area contributed by atoms with Crippen molar-refractivity contribution in [3.05, 3.63) is 21.4 Å². The quantitative estimate of drug-likeness (QED) is 0.796. The fraction of sp³-hybridized carbons (Fsp3) is 0.533. The lowest BCUT2D eigenvalue weighted by Crippen LogP contribution is -2.35. The third kappa shape index (κ3) is 2.99. The maximum absolute atomic E-state index is 12.0. The smallest absolute Gasteiger partial charge is 0.416 e. The summed E-state index contributed by atoms with van der Waals surface area (Å²) in [5, 5.41) is 0. The van der Waals surface area contributed by atoms with Gasteiger partial charge in [-0.3, -0.25) is 4.79 Å². The van der Waals surface area contributed by atoms with Gasteiger partial charge in [0.1, 0.15) is 11.5 Å². The van der Waals surface area contributed by atoms with E-state index in [-0.39, 0.29) is 13.2 Å². The van der Waals surface area contributed by atoms with Crippen LogP contribution in [0.3, 0.4) is 0 Å². The summed E-state index contributed by atoms with van der Waals surface area (Å²) in [5.41, 5.74) is 1.21. The molecule has 118 valence electrons. The minimum atomic E-state index is -0.679. The monoisotopic (exact) mass is 323 g/mol. The zero-order chi connectivity index (χ0) is 15.7. The molecule has 0 N–H and O–H groups in total. The molecule has 6 nitrogen and oxygen atoms in total. The first-order chi connectivity index (χ1) is 10.5. The Morgan fingerprint density at radius 2 is 2.32 bits per heavy atom. The second-order valence-electron chi connectivity index (χ2n) is 5.64. The van der Waals surface area contributed by atoms with Gasteiger partial charge < -0.3 is 9.47 Å². The number of hydrogen-bond acceptors (Lipinski definition) is 6. The standard InChI is InChI=1S/C15H17NO5S/c1-9-2-3-11-10(6-9)7-12(22-11)14(18)21-8-13(17)16-4-5-20-15(16)19/h7,9H,2-6,8H2,1H3/t9-/m1/s1. The van der Waals surface area contributed by atoms with Crippen LogP contribution in [0, 0.1) is 5.92 Å². The van der Waals surface area contributed by atoms with Crippen LogP contribution in [0.5, 0.6) is 0 Å². The van der Waals surface area contributed by atoms with E-state index in [4.69, 9.17) is 4.74 Å². The number of carbonyl (C=O) groups excluding carboxylic acids is 3. The number of amides is 2. The Balaban J connectivity index is 1.58. The summed E-state index contributed by atoms with van der Waals surface area (Å²) in [4.78, 5) is 37.8. The predicted octanol–water partition coefficient (Wildman–Crippen LogP) is 2.01. The van der Waals surface area contributed by atoms with Crippen LogP contribution in [-0.2, 0) is 27.1 Å². The van der Waals surface area contributed by atoms with Gasteiger partial charge in [-0.1, -0.05) is 6.92 Å². The van der Waals surface area contributed by atoms with Crippen molar-refractivity contribution in [1.29, 1.82) is 0 Å². The summed E-state index contributed by atoms with van der Waals surface area (Å²) in [6.07, 6.45) is 2.43. The molecule has 0 unspecified atom stereocenters. The van der Waals surface area contributed by atoms with Crippen molar-refractivity contribution < 1.29 is 23.9 Å². The van der Waals surface area contributed by atoms with Gasteiger partial charge in [0.15, 0.2) is 6.61 Å². The first kappa shape index (κ1) is 15.0. The Kier molecular flexibility index (Phi) is 4.15. The third-order valence-electron chi connectivity index (χ3n) is 3.92. The summed E-state index contributed by atoms with van der Waals surface area (Å²) in [7, 11) is 0. The van der Waals surface area contributed by atoms with Crippen LogP contribution in [0.25, 0.3) is 0 Å². The largest absolute Gasteiger partial charge is 0.451 e. The molecule has 0 spiro atoms. The highest BCUT2D eigenvalue weighted by Crippen LogP contribution is 2.32. The van der Waals surface area contributed by atoms with Gasteiger partial charge in [-0.2, -0.15) is 0 Å². The number of nitrogens with zero attached hydrogens (tertiary/aromatic N) is 1. The van der Waals surface area contributed by atoms with E-state index in [0.717, 1.165) is 24.2 Å². The molecule has 1 aliphatic heterocycles. The highest BCUT2D eigenvalue weighted by atomic mass is 32.1. The number of imide groups is 1. The molecule has 1 aromatic rings. The average Bonchev–Trinajstić information content (AvgIpc) is 3.09. The lowest BCUT2D eigenvalue weighted by atomic mass is 9.90. The normalized spacial score (nSPS) is 20.5. The summed E-state index contributed by atoms with van der Waals surface area (Å²) >= 11 is 1.44. The fourth-order valence-electron chi connectivity index (χ4n) is 2.70. The van der Waals surface area contributed by atoms with Gasteiger partial charge in [0, 0.05) is 4.88 Å². The third-order valence-corrected chi connectivity index (χ3v) is 5.14. The molecule has 1 saturated heterocycles. The topological polar surface area (TPSA) is 72.9 Å². The van der Waals surface area contributed by atoms with E-state index in [2.05, 4.69) is 11.7 Å². The Hall–Kier alpha value is -1.89. The highest BCUT2D eigenvalue weighted by molar-refractivity contribution is 7.14. The second kappa shape index (κ2) is 6.08. The van der Waals surface area contributed by atoms with Crippen LogP contribution >= 0.6 is 11.3 Å². The number of carbonyl (C=O) groups is 3. The Morgan fingerprint density at radius 1 is 1.50 bits per heavy atom. The Labute approximate surface area is 132 Å². The molecule has 2 heterocycles. The van der Waals surface area contributed by atoms with Gasteiger partial charge in [-0.05, 0) is 36.8 Å². The molecule has 0 radical (unpaired) electrons. The molecule has 1 fully saturated rings. The number of cyclic esters (lactones) is 1. The van der Waals surface area contributed by atoms with Crippen LogP contribution in [-0.4, -0.2) is 42.6 Å². The summed E-state index contributed by atoms with van der Waals surface area (Å²) < 4.78 is 9.70.